The highest BCUT2D eigenvalue weighted by molar-refractivity contribution is 7.81. The summed E-state index contributed by atoms with van der Waals surface area (Å²) in [7, 11) is 0. The molecule has 1 amide bonds. The van der Waals surface area contributed by atoms with Crippen molar-refractivity contribution in [3.05, 3.63) is 39.9 Å². The number of non-ortho nitro benzene ring substituents is 1. The zero-order valence-corrected chi connectivity index (χ0v) is 9.48. The van der Waals surface area contributed by atoms with Crippen molar-refractivity contribution in [1.82, 2.24) is 5.48 Å². The highest BCUT2D eigenvalue weighted by atomic mass is 32.1. The average molecular weight is 244 g/mol. The largest absolute Gasteiger partial charge is 0.289 e. The molecular weight excluding hydrogens is 232 g/mol. The number of benzene rings is 1. The Morgan fingerprint density at radius 1 is 1.50 bits per heavy atom. The van der Waals surface area contributed by atoms with Crippen LogP contribution in [-0.2, 0) is 4.79 Å². The normalized spacial score (nSPS) is 8.69. The van der Waals surface area contributed by atoms with Crippen molar-refractivity contribution in [3.8, 4) is 0 Å². The van der Waals surface area contributed by atoms with Gasteiger partial charge in [-0.05, 0) is 6.92 Å². The summed E-state index contributed by atoms with van der Waals surface area (Å²) in [4.78, 5) is 19.5. The molecular formula is C9H12N2O4S. The van der Waals surface area contributed by atoms with Gasteiger partial charge in [0.25, 0.3) is 11.6 Å². The van der Waals surface area contributed by atoms with Crippen LogP contribution < -0.4 is 5.48 Å². The van der Waals surface area contributed by atoms with Gasteiger partial charge < -0.3 is 0 Å². The van der Waals surface area contributed by atoms with Crippen LogP contribution in [0.15, 0.2) is 24.3 Å². The van der Waals surface area contributed by atoms with Gasteiger partial charge in [-0.15, -0.1) is 0 Å². The van der Waals surface area contributed by atoms with Gasteiger partial charge in [-0.25, -0.2) is 5.48 Å². The maximum atomic E-state index is 10.1. The van der Waals surface area contributed by atoms with E-state index in [-0.39, 0.29) is 11.4 Å². The molecule has 0 atom stereocenters. The van der Waals surface area contributed by atoms with Crippen LogP contribution in [0.2, 0.25) is 0 Å². The predicted molar refractivity (Wildman–Crippen MR) is 61.6 cm³/mol. The summed E-state index contributed by atoms with van der Waals surface area (Å²) in [6.07, 6.45) is 0. The van der Waals surface area contributed by atoms with Gasteiger partial charge >= 0.3 is 0 Å². The van der Waals surface area contributed by atoms with Gasteiger partial charge in [-0.3, -0.25) is 20.1 Å². The van der Waals surface area contributed by atoms with E-state index in [4.69, 9.17) is 5.21 Å². The van der Waals surface area contributed by atoms with E-state index >= 15 is 0 Å². The molecule has 1 aromatic rings. The summed E-state index contributed by atoms with van der Waals surface area (Å²) in [5.74, 6) is -0.463. The fraction of sp³-hybridized carbons (Fsp3) is 0.222. The molecule has 1 rings (SSSR count). The Morgan fingerprint density at radius 3 is 2.25 bits per heavy atom. The Labute approximate surface area is 97.8 Å². The zero-order valence-electron chi connectivity index (χ0n) is 8.58. The van der Waals surface area contributed by atoms with Crippen molar-refractivity contribution < 1.29 is 14.9 Å². The fourth-order valence-electron chi connectivity index (χ4n) is 0.702. The quantitative estimate of drug-likeness (QED) is 0.316. The van der Waals surface area contributed by atoms with Crippen LogP contribution in [0.4, 0.5) is 5.69 Å². The first-order valence-corrected chi connectivity index (χ1v) is 4.89. The first-order valence-electron chi connectivity index (χ1n) is 4.26. The topological polar surface area (TPSA) is 92.5 Å². The summed E-state index contributed by atoms with van der Waals surface area (Å²) >= 11 is 3.52. The molecule has 0 unspecified atom stereocenters. The Bertz CT molecular complexity index is 347. The summed E-state index contributed by atoms with van der Waals surface area (Å²) in [6, 6.07) is 6.43. The highest BCUT2D eigenvalue weighted by Gasteiger charge is 2.00. The molecule has 0 heterocycles. The van der Waals surface area contributed by atoms with E-state index in [9.17, 15) is 14.9 Å². The van der Waals surface area contributed by atoms with Gasteiger partial charge in [0, 0.05) is 12.1 Å². The second-order valence-electron chi connectivity index (χ2n) is 2.79. The van der Waals surface area contributed by atoms with Crippen LogP contribution in [0.5, 0.6) is 0 Å². The molecule has 0 aliphatic heterocycles. The molecule has 0 bridgehead atoms. The first kappa shape index (κ1) is 14.4. The number of rotatable bonds is 2. The molecule has 6 nitrogen and oxygen atoms in total. The van der Waals surface area contributed by atoms with E-state index in [1.165, 1.54) is 17.6 Å². The lowest BCUT2D eigenvalue weighted by molar-refractivity contribution is -0.384. The van der Waals surface area contributed by atoms with Gasteiger partial charge in [0.05, 0.1) is 10.7 Å². The molecule has 0 aromatic heterocycles. The van der Waals surface area contributed by atoms with E-state index in [1.807, 2.05) is 6.92 Å². The van der Waals surface area contributed by atoms with Crippen LogP contribution in [0.25, 0.3) is 0 Å². The van der Waals surface area contributed by atoms with Crippen molar-refractivity contribution in [1.29, 1.82) is 0 Å². The molecule has 0 spiro atoms. The van der Waals surface area contributed by atoms with Crippen LogP contribution in [0.1, 0.15) is 5.56 Å². The third-order valence-corrected chi connectivity index (χ3v) is 1.80. The molecule has 7 heteroatoms. The number of carbonyl (C=O) groups excluding carboxylic acids is 1. The number of hydrogen-bond acceptors (Lipinski definition) is 5. The number of nitrogens with zero attached hydrogens (tertiary/aromatic N) is 1. The molecule has 0 aliphatic carbocycles. The number of nitrogens with one attached hydrogen (secondary N) is 1. The Kier molecular flexibility index (Phi) is 6.89. The highest BCUT2D eigenvalue weighted by Crippen LogP contribution is 2.10. The minimum absolute atomic E-state index is 0.0243. The number of thiol groups is 1. The van der Waals surface area contributed by atoms with E-state index in [1.54, 1.807) is 12.1 Å². The number of aryl methyl sites for hydroxylation is 1. The minimum Gasteiger partial charge on any atom is -0.289 e. The van der Waals surface area contributed by atoms with Crippen molar-refractivity contribution in [2.45, 2.75) is 6.92 Å². The van der Waals surface area contributed by atoms with Crippen molar-refractivity contribution in [2.75, 3.05) is 5.75 Å². The summed E-state index contributed by atoms with van der Waals surface area (Å²) in [6.45, 7) is 1.89. The fourth-order valence-corrected chi connectivity index (χ4v) is 0.773. The average Bonchev–Trinajstić information content (AvgIpc) is 2.29. The SMILES string of the molecule is Cc1ccc([N+](=O)[O-])cc1.O=C(CS)NO. The smallest absolute Gasteiger partial charge is 0.269 e. The number of nitro benzene ring substituents is 1. The maximum Gasteiger partial charge on any atom is 0.269 e. The predicted octanol–water partition coefficient (Wildman–Crippen LogP) is 1.32. The number of nitro groups is 1. The third-order valence-electron chi connectivity index (χ3n) is 1.51. The van der Waals surface area contributed by atoms with Gasteiger partial charge in [0.15, 0.2) is 0 Å². The van der Waals surface area contributed by atoms with E-state index in [0.29, 0.717) is 0 Å². The van der Waals surface area contributed by atoms with Crippen molar-refractivity contribution in [3.63, 3.8) is 0 Å². The molecule has 1 aromatic carbocycles. The van der Waals surface area contributed by atoms with Crippen LogP contribution in [0.3, 0.4) is 0 Å². The van der Waals surface area contributed by atoms with Gasteiger partial charge in [-0.1, -0.05) is 17.7 Å². The molecule has 0 saturated carbocycles. The zero-order chi connectivity index (χ0) is 12.6. The minimum atomic E-state index is -0.488. The molecule has 0 radical (unpaired) electrons. The van der Waals surface area contributed by atoms with Gasteiger partial charge in [0.1, 0.15) is 0 Å². The van der Waals surface area contributed by atoms with Gasteiger partial charge in [0.2, 0.25) is 0 Å². The van der Waals surface area contributed by atoms with Gasteiger partial charge in [-0.2, -0.15) is 12.6 Å². The lowest BCUT2D eigenvalue weighted by Gasteiger charge is -1.90. The molecule has 0 aliphatic rings. The molecule has 88 valence electrons. The van der Waals surface area contributed by atoms with E-state index < -0.39 is 10.8 Å². The molecule has 16 heavy (non-hydrogen) atoms. The van der Waals surface area contributed by atoms with Crippen LogP contribution >= 0.6 is 12.6 Å². The number of hydroxylamine groups is 1. The summed E-state index contributed by atoms with van der Waals surface area (Å²) in [5, 5.41) is 17.8. The Morgan fingerprint density at radius 2 is 2.00 bits per heavy atom. The maximum absolute atomic E-state index is 10.1. The lowest BCUT2D eigenvalue weighted by atomic mass is 10.2. The van der Waals surface area contributed by atoms with Crippen LogP contribution in [0, 0.1) is 17.0 Å². The summed E-state index contributed by atoms with van der Waals surface area (Å²) in [5.41, 5.74) is 2.58. The number of carbonyl (C=O) groups is 1. The third kappa shape index (κ3) is 5.99. The Hall–Kier alpha value is -1.60. The molecule has 0 saturated heterocycles. The van der Waals surface area contributed by atoms with Crippen molar-refractivity contribution in [2.24, 2.45) is 0 Å². The number of amides is 1. The monoisotopic (exact) mass is 244 g/mol. The second-order valence-corrected chi connectivity index (χ2v) is 3.10. The van der Waals surface area contributed by atoms with Crippen molar-refractivity contribution >= 4 is 24.2 Å². The number of hydrogen-bond donors (Lipinski definition) is 3. The second kappa shape index (κ2) is 7.66. The summed E-state index contributed by atoms with van der Waals surface area (Å²) < 4.78 is 0. The standard InChI is InChI=1S/C7H7NO2.C2H5NO2S/c1-6-2-4-7(5-3-6)8(9)10;4-2(1-6)3-5/h2-5H,1H3;5-6H,1H2,(H,3,4). The molecule has 2 N–H and O–H groups in total. The molecule has 0 fully saturated rings. The van der Waals surface area contributed by atoms with Crippen LogP contribution in [-0.4, -0.2) is 21.8 Å². The Balaban J connectivity index is 0.000000325. The van der Waals surface area contributed by atoms with E-state index in [0.717, 1.165) is 5.56 Å². The first-order chi connectivity index (χ1) is 7.51. The van der Waals surface area contributed by atoms with E-state index in [2.05, 4.69) is 12.6 Å². The lowest BCUT2D eigenvalue weighted by Crippen LogP contribution is -2.19.